The summed E-state index contributed by atoms with van der Waals surface area (Å²) in [4.78, 5) is 11.2. The lowest BCUT2D eigenvalue weighted by molar-refractivity contribution is -0.145. The van der Waals surface area contributed by atoms with Gasteiger partial charge in [0, 0.05) is 13.0 Å². The fourth-order valence-electron chi connectivity index (χ4n) is 1.12. The smallest absolute Gasteiger partial charge is 0.306 e. The second-order valence-corrected chi connectivity index (χ2v) is 3.16. The lowest BCUT2D eigenvalue weighted by Crippen LogP contribution is -2.12. The number of benzene rings is 1. The van der Waals surface area contributed by atoms with Crippen molar-refractivity contribution in [3.63, 3.8) is 0 Å². The molecule has 0 bridgehead atoms. The van der Waals surface area contributed by atoms with Crippen molar-refractivity contribution in [3.05, 3.63) is 35.9 Å². The van der Waals surface area contributed by atoms with E-state index >= 15 is 0 Å². The van der Waals surface area contributed by atoms with Crippen molar-refractivity contribution >= 4 is 5.97 Å². The first-order valence-electron chi connectivity index (χ1n) is 4.89. The van der Waals surface area contributed by atoms with Gasteiger partial charge in [0.2, 0.25) is 0 Å². The van der Waals surface area contributed by atoms with Crippen LogP contribution in [-0.2, 0) is 16.1 Å². The van der Waals surface area contributed by atoms with Crippen molar-refractivity contribution in [2.75, 3.05) is 6.54 Å². The number of hydrogen-bond acceptors (Lipinski definition) is 4. The van der Waals surface area contributed by atoms with Crippen LogP contribution in [0, 0.1) is 0 Å². The van der Waals surface area contributed by atoms with Gasteiger partial charge in [-0.15, -0.1) is 0 Å². The Morgan fingerprint density at radius 1 is 1.33 bits per heavy atom. The van der Waals surface area contributed by atoms with Gasteiger partial charge in [0.25, 0.3) is 0 Å². The molecule has 0 aliphatic rings. The van der Waals surface area contributed by atoms with Crippen molar-refractivity contribution in [3.8, 4) is 0 Å². The van der Waals surface area contributed by atoms with E-state index in [1.807, 2.05) is 35.8 Å². The van der Waals surface area contributed by atoms with E-state index in [-0.39, 0.29) is 5.97 Å². The third kappa shape index (κ3) is 5.15. The molecule has 0 saturated heterocycles. The molecule has 0 heterocycles. The fraction of sp³-hybridized carbons (Fsp3) is 0.364. The van der Waals surface area contributed by atoms with Crippen LogP contribution in [0.4, 0.5) is 0 Å². The molecule has 0 unspecified atom stereocenters. The molecule has 1 rings (SSSR count). The molecule has 82 valence electrons. The van der Waals surface area contributed by atoms with Gasteiger partial charge in [0.15, 0.2) is 0 Å². The van der Waals surface area contributed by atoms with E-state index in [2.05, 4.69) is 0 Å². The van der Waals surface area contributed by atoms with E-state index in [1.54, 1.807) is 0 Å². The van der Waals surface area contributed by atoms with Gasteiger partial charge in [-0.2, -0.15) is 0 Å². The Hall–Kier alpha value is -1.39. The predicted molar refractivity (Wildman–Crippen MR) is 55.3 cm³/mol. The zero-order valence-corrected chi connectivity index (χ0v) is 8.48. The minimum Gasteiger partial charge on any atom is -0.461 e. The summed E-state index contributed by atoms with van der Waals surface area (Å²) in [5.41, 5.74) is 2.97. The highest BCUT2D eigenvalue weighted by molar-refractivity contribution is 5.69. The lowest BCUT2D eigenvalue weighted by atomic mass is 10.2. The number of esters is 1. The van der Waals surface area contributed by atoms with Crippen molar-refractivity contribution in [2.45, 2.75) is 19.4 Å². The maximum absolute atomic E-state index is 11.2. The van der Waals surface area contributed by atoms with Crippen LogP contribution in [-0.4, -0.2) is 17.7 Å². The lowest BCUT2D eigenvalue weighted by Gasteiger charge is -2.04. The number of hydrogen-bond donors (Lipinski definition) is 2. The molecular weight excluding hydrogens is 194 g/mol. The summed E-state index contributed by atoms with van der Waals surface area (Å²) < 4.78 is 5.03. The average Bonchev–Trinajstić information content (AvgIpc) is 2.28. The van der Waals surface area contributed by atoms with E-state index in [1.165, 1.54) is 0 Å². The zero-order valence-electron chi connectivity index (χ0n) is 8.48. The standard InChI is InChI=1S/C11H15NO3/c13-11(7-4-8-12-14)15-9-10-5-2-1-3-6-10/h1-3,5-6,12,14H,4,7-9H2. The van der Waals surface area contributed by atoms with Crippen molar-refractivity contribution in [1.82, 2.24) is 5.48 Å². The molecule has 0 atom stereocenters. The van der Waals surface area contributed by atoms with Crippen LogP contribution < -0.4 is 5.48 Å². The highest BCUT2D eigenvalue weighted by atomic mass is 16.5. The van der Waals surface area contributed by atoms with E-state index in [0.717, 1.165) is 5.56 Å². The number of carbonyl (C=O) groups excluding carboxylic acids is 1. The molecular formula is C11H15NO3. The fourth-order valence-corrected chi connectivity index (χ4v) is 1.12. The molecule has 2 N–H and O–H groups in total. The van der Waals surface area contributed by atoms with Crippen LogP contribution in [0.1, 0.15) is 18.4 Å². The van der Waals surface area contributed by atoms with Crippen LogP contribution >= 0.6 is 0 Å². The Bertz CT molecular complexity index is 287. The van der Waals surface area contributed by atoms with Crippen molar-refractivity contribution in [2.24, 2.45) is 0 Å². The Kier molecular flexibility index (Phi) is 5.43. The quantitative estimate of drug-likeness (QED) is 0.423. The van der Waals surface area contributed by atoms with Crippen molar-refractivity contribution in [1.29, 1.82) is 0 Å². The summed E-state index contributed by atoms with van der Waals surface area (Å²) in [6.45, 7) is 0.715. The maximum Gasteiger partial charge on any atom is 0.306 e. The zero-order chi connectivity index (χ0) is 10.9. The molecule has 15 heavy (non-hydrogen) atoms. The number of carbonyl (C=O) groups is 1. The number of rotatable bonds is 6. The first kappa shape index (κ1) is 11.7. The largest absolute Gasteiger partial charge is 0.461 e. The molecule has 0 fully saturated rings. The molecule has 1 aromatic rings. The van der Waals surface area contributed by atoms with Gasteiger partial charge in [-0.05, 0) is 12.0 Å². The normalized spacial score (nSPS) is 9.93. The van der Waals surface area contributed by atoms with Crippen molar-refractivity contribution < 1.29 is 14.7 Å². The predicted octanol–water partition coefficient (Wildman–Crippen LogP) is 1.49. The molecule has 4 nitrogen and oxygen atoms in total. The summed E-state index contributed by atoms with van der Waals surface area (Å²) in [7, 11) is 0. The van der Waals surface area contributed by atoms with E-state index in [9.17, 15) is 4.79 Å². The van der Waals surface area contributed by atoms with Gasteiger partial charge in [-0.25, -0.2) is 5.48 Å². The van der Waals surface area contributed by atoms with Crippen LogP contribution in [0.5, 0.6) is 0 Å². The second-order valence-electron chi connectivity index (χ2n) is 3.16. The average molecular weight is 209 g/mol. The van der Waals surface area contributed by atoms with Crippen LogP contribution in [0.2, 0.25) is 0 Å². The molecule has 0 aliphatic carbocycles. The maximum atomic E-state index is 11.2. The summed E-state index contributed by atoms with van der Waals surface area (Å²) in [5, 5.41) is 8.28. The summed E-state index contributed by atoms with van der Waals surface area (Å²) in [6.07, 6.45) is 0.893. The van der Waals surface area contributed by atoms with E-state index in [4.69, 9.17) is 9.94 Å². The summed E-state index contributed by atoms with van der Waals surface area (Å²) in [5.74, 6) is -0.242. The van der Waals surface area contributed by atoms with Gasteiger partial charge < -0.3 is 9.94 Å². The molecule has 0 saturated carbocycles. The molecule has 4 heteroatoms. The third-order valence-corrected chi connectivity index (χ3v) is 1.91. The van der Waals surface area contributed by atoms with E-state index in [0.29, 0.717) is 26.0 Å². The topological polar surface area (TPSA) is 58.6 Å². The van der Waals surface area contributed by atoms with Crippen LogP contribution in [0.15, 0.2) is 30.3 Å². The Morgan fingerprint density at radius 2 is 2.07 bits per heavy atom. The molecule has 0 aromatic heterocycles. The number of ether oxygens (including phenoxy) is 1. The molecule has 1 aromatic carbocycles. The van der Waals surface area contributed by atoms with Gasteiger partial charge in [-0.1, -0.05) is 30.3 Å². The van der Waals surface area contributed by atoms with Gasteiger partial charge in [-0.3, -0.25) is 4.79 Å². The number of nitrogens with one attached hydrogen (secondary N) is 1. The van der Waals surface area contributed by atoms with E-state index < -0.39 is 0 Å². The van der Waals surface area contributed by atoms with Crippen LogP contribution in [0.25, 0.3) is 0 Å². The summed E-state index contributed by atoms with van der Waals surface area (Å²) >= 11 is 0. The third-order valence-electron chi connectivity index (χ3n) is 1.91. The molecule has 0 amide bonds. The summed E-state index contributed by atoms with van der Waals surface area (Å²) in [6, 6.07) is 9.53. The first-order chi connectivity index (χ1) is 7.33. The van der Waals surface area contributed by atoms with Crippen LogP contribution in [0.3, 0.4) is 0 Å². The second kappa shape index (κ2) is 6.98. The minimum atomic E-state index is -0.242. The Balaban J connectivity index is 2.17. The first-order valence-corrected chi connectivity index (χ1v) is 4.89. The highest BCUT2D eigenvalue weighted by Gasteiger charge is 2.02. The molecule has 0 spiro atoms. The van der Waals surface area contributed by atoms with Gasteiger partial charge >= 0.3 is 5.97 Å². The SMILES string of the molecule is O=C(CCCNO)OCc1ccccc1. The Morgan fingerprint density at radius 3 is 2.73 bits per heavy atom. The van der Waals surface area contributed by atoms with Gasteiger partial charge in [0.1, 0.15) is 6.61 Å². The Labute approximate surface area is 88.8 Å². The minimum absolute atomic E-state index is 0.242. The monoisotopic (exact) mass is 209 g/mol. The highest BCUT2D eigenvalue weighted by Crippen LogP contribution is 2.02. The molecule has 0 radical (unpaired) electrons. The van der Waals surface area contributed by atoms with Gasteiger partial charge in [0.05, 0.1) is 0 Å². The molecule has 0 aliphatic heterocycles. The number of hydroxylamine groups is 1.